The molecule has 2 atom stereocenters. The molecule has 0 aromatic heterocycles. The molecule has 1 fully saturated rings. The normalized spacial score (nSPS) is 30.1. The van der Waals surface area contributed by atoms with Gasteiger partial charge in [-0.15, -0.1) is 0 Å². The maximum absolute atomic E-state index is 11.8. The highest BCUT2D eigenvalue weighted by atomic mass is 16.3. The number of hydrogen-bond acceptors (Lipinski definition) is 2. The summed E-state index contributed by atoms with van der Waals surface area (Å²) in [7, 11) is 0. The Morgan fingerprint density at radius 2 is 2.06 bits per heavy atom. The lowest BCUT2D eigenvalue weighted by atomic mass is 9.73. The minimum atomic E-state index is -0.272. The second-order valence-electron chi connectivity index (χ2n) is 6.93. The van der Waals surface area contributed by atoms with E-state index in [1.54, 1.807) is 0 Å². The van der Waals surface area contributed by atoms with Crippen LogP contribution in [0.4, 0.5) is 0 Å². The van der Waals surface area contributed by atoms with E-state index in [2.05, 4.69) is 33.0 Å². The summed E-state index contributed by atoms with van der Waals surface area (Å²) >= 11 is 0. The lowest BCUT2D eigenvalue weighted by molar-refractivity contribution is -0.124. The standard InChI is InChI=1S/C14H27NO2/c1-13(2,3)9-12(17)15-10-14(4)8-6-5-7-11(14)16/h11,16H,5-10H2,1-4H3,(H,15,17). The molecule has 2 N–H and O–H groups in total. The zero-order valence-electron chi connectivity index (χ0n) is 11.7. The van der Waals surface area contributed by atoms with Gasteiger partial charge in [0.1, 0.15) is 0 Å². The van der Waals surface area contributed by atoms with E-state index < -0.39 is 0 Å². The first-order valence-electron chi connectivity index (χ1n) is 6.68. The Hall–Kier alpha value is -0.570. The van der Waals surface area contributed by atoms with Gasteiger partial charge in [0.25, 0.3) is 0 Å². The highest BCUT2D eigenvalue weighted by Gasteiger charge is 2.35. The highest BCUT2D eigenvalue weighted by Crippen LogP contribution is 2.35. The Bertz CT molecular complexity index is 270. The van der Waals surface area contributed by atoms with Gasteiger partial charge < -0.3 is 10.4 Å². The van der Waals surface area contributed by atoms with Gasteiger partial charge in [-0.3, -0.25) is 4.79 Å². The van der Waals surface area contributed by atoms with Crippen LogP contribution in [-0.4, -0.2) is 23.7 Å². The summed E-state index contributed by atoms with van der Waals surface area (Å²) in [5, 5.41) is 13.0. The van der Waals surface area contributed by atoms with E-state index in [0.717, 1.165) is 25.7 Å². The zero-order valence-corrected chi connectivity index (χ0v) is 11.7. The molecule has 1 amide bonds. The van der Waals surface area contributed by atoms with Crippen molar-refractivity contribution >= 4 is 5.91 Å². The summed E-state index contributed by atoms with van der Waals surface area (Å²) in [5.41, 5.74) is -0.109. The number of amides is 1. The molecule has 1 aliphatic carbocycles. The Kier molecular flexibility index (Phi) is 4.59. The second kappa shape index (κ2) is 5.38. The fourth-order valence-corrected chi connectivity index (χ4v) is 2.43. The first kappa shape index (κ1) is 14.5. The van der Waals surface area contributed by atoms with E-state index in [-0.39, 0.29) is 22.8 Å². The number of aliphatic hydroxyl groups is 1. The Morgan fingerprint density at radius 3 is 2.59 bits per heavy atom. The van der Waals surface area contributed by atoms with Gasteiger partial charge >= 0.3 is 0 Å². The van der Waals surface area contributed by atoms with Crippen LogP contribution >= 0.6 is 0 Å². The quantitative estimate of drug-likeness (QED) is 0.797. The number of rotatable bonds is 3. The van der Waals surface area contributed by atoms with Crippen LogP contribution in [0, 0.1) is 10.8 Å². The summed E-state index contributed by atoms with van der Waals surface area (Å²) in [6.45, 7) is 8.86. The first-order chi connectivity index (χ1) is 7.73. The van der Waals surface area contributed by atoms with E-state index in [0.29, 0.717) is 13.0 Å². The minimum Gasteiger partial charge on any atom is -0.392 e. The van der Waals surface area contributed by atoms with Gasteiger partial charge in [-0.1, -0.05) is 40.5 Å². The smallest absolute Gasteiger partial charge is 0.220 e. The molecular formula is C14H27NO2. The third-order valence-corrected chi connectivity index (χ3v) is 3.66. The topological polar surface area (TPSA) is 49.3 Å². The number of hydrogen-bond donors (Lipinski definition) is 2. The summed E-state index contributed by atoms with van der Waals surface area (Å²) in [6.07, 6.45) is 4.40. The Labute approximate surface area is 105 Å². The predicted molar refractivity (Wildman–Crippen MR) is 69.7 cm³/mol. The van der Waals surface area contributed by atoms with Gasteiger partial charge in [0.15, 0.2) is 0 Å². The van der Waals surface area contributed by atoms with E-state index >= 15 is 0 Å². The molecular weight excluding hydrogens is 214 g/mol. The molecule has 0 saturated heterocycles. The van der Waals surface area contributed by atoms with Crippen LogP contribution in [0.5, 0.6) is 0 Å². The SMILES string of the molecule is CC(C)(C)CC(=O)NCC1(C)CCCCC1O. The molecule has 0 aromatic rings. The number of carbonyl (C=O) groups excluding carboxylic acids is 1. The molecule has 3 heteroatoms. The third kappa shape index (κ3) is 4.66. The fourth-order valence-electron chi connectivity index (χ4n) is 2.43. The Morgan fingerprint density at radius 1 is 1.41 bits per heavy atom. The largest absolute Gasteiger partial charge is 0.392 e. The molecule has 1 aliphatic rings. The van der Waals surface area contributed by atoms with Crippen LogP contribution in [0.3, 0.4) is 0 Å². The summed E-state index contributed by atoms with van der Waals surface area (Å²) in [6, 6.07) is 0. The molecule has 0 aromatic carbocycles. The third-order valence-electron chi connectivity index (χ3n) is 3.66. The van der Waals surface area contributed by atoms with Crippen LogP contribution in [0.15, 0.2) is 0 Å². The van der Waals surface area contributed by atoms with Crippen molar-refractivity contribution in [1.82, 2.24) is 5.32 Å². The van der Waals surface area contributed by atoms with Crippen molar-refractivity contribution in [2.45, 2.75) is 65.9 Å². The van der Waals surface area contributed by atoms with Gasteiger partial charge in [-0.25, -0.2) is 0 Å². The van der Waals surface area contributed by atoms with Crippen molar-refractivity contribution in [2.75, 3.05) is 6.54 Å². The molecule has 100 valence electrons. The molecule has 1 saturated carbocycles. The molecule has 0 radical (unpaired) electrons. The van der Waals surface area contributed by atoms with Crippen molar-refractivity contribution in [3.8, 4) is 0 Å². The van der Waals surface area contributed by atoms with Crippen molar-refractivity contribution < 1.29 is 9.90 Å². The summed E-state index contributed by atoms with van der Waals surface area (Å²) in [4.78, 5) is 11.8. The highest BCUT2D eigenvalue weighted by molar-refractivity contribution is 5.76. The number of aliphatic hydroxyl groups excluding tert-OH is 1. The summed E-state index contributed by atoms with van der Waals surface area (Å²) in [5.74, 6) is 0.0940. The minimum absolute atomic E-state index is 0.0240. The maximum Gasteiger partial charge on any atom is 0.220 e. The molecule has 3 nitrogen and oxygen atoms in total. The van der Waals surface area contributed by atoms with E-state index in [4.69, 9.17) is 0 Å². The number of nitrogens with one attached hydrogen (secondary N) is 1. The predicted octanol–water partition coefficient (Wildman–Crippen LogP) is 2.48. The lowest BCUT2D eigenvalue weighted by Crippen LogP contribution is -2.45. The van der Waals surface area contributed by atoms with Gasteiger partial charge in [0.05, 0.1) is 6.10 Å². The maximum atomic E-state index is 11.8. The van der Waals surface area contributed by atoms with Gasteiger partial charge in [-0.2, -0.15) is 0 Å². The molecule has 0 bridgehead atoms. The molecule has 0 heterocycles. The molecule has 17 heavy (non-hydrogen) atoms. The molecule has 2 unspecified atom stereocenters. The van der Waals surface area contributed by atoms with Crippen LogP contribution < -0.4 is 5.32 Å². The first-order valence-corrected chi connectivity index (χ1v) is 6.68. The van der Waals surface area contributed by atoms with Crippen LogP contribution in [0.25, 0.3) is 0 Å². The Balaban J connectivity index is 2.41. The van der Waals surface area contributed by atoms with E-state index in [1.807, 2.05) is 0 Å². The van der Waals surface area contributed by atoms with Crippen LogP contribution in [-0.2, 0) is 4.79 Å². The zero-order chi connectivity index (χ0) is 13.1. The lowest BCUT2D eigenvalue weighted by Gasteiger charge is -2.38. The van der Waals surface area contributed by atoms with Crippen molar-refractivity contribution in [3.63, 3.8) is 0 Å². The van der Waals surface area contributed by atoms with E-state index in [1.165, 1.54) is 0 Å². The fraction of sp³-hybridized carbons (Fsp3) is 0.929. The van der Waals surface area contributed by atoms with Crippen LogP contribution in [0.2, 0.25) is 0 Å². The van der Waals surface area contributed by atoms with E-state index in [9.17, 15) is 9.90 Å². The van der Waals surface area contributed by atoms with Gasteiger partial charge in [-0.05, 0) is 18.3 Å². The van der Waals surface area contributed by atoms with Crippen LogP contribution in [0.1, 0.15) is 59.8 Å². The van der Waals surface area contributed by atoms with Gasteiger partial charge in [0, 0.05) is 18.4 Å². The number of carbonyl (C=O) groups is 1. The molecule has 0 spiro atoms. The summed E-state index contributed by atoms with van der Waals surface area (Å²) < 4.78 is 0. The average molecular weight is 241 g/mol. The van der Waals surface area contributed by atoms with Gasteiger partial charge in [0.2, 0.25) is 5.91 Å². The second-order valence-corrected chi connectivity index (χ2v) is 6.93. The van der Waals surface area contributed by atoms with Crippen molar-refractivity contribution in [2.24, 2.45) is 10.8 Å². The molecule has 1 rings (SSSR count). The molecule has 0 aliphatic heterocycles. The van der Waals surface area contributed by atoms with Crippen molar-refractivity contribution in [1.29, 1.82) is 0 Å². The van der Waals surface area contributed by atoms with Crippen molar-refractivity contribution in [3.05, 3.63) is 0 Å². The monoisotopic (exact) mass is 241 g/mol. The average Bonchev–Trinajstić information content (AvgIpc) is 2.18.